The molecule has 1 aromatic carbocycles. The molecule has 0 aliphatic heterocycles. The van der Waals surface area contributed by atoms with E-state index in [1.807, 2.05) is 42.7 Å². The van der Waals surface area contributed by atoms with Gasteiger partial charge >= 0.3 is 5.97 Å². The summed E-state index contributed by atoms with van der Waals surface area (Å²) in [4.78, 5) is 21.9. The molecule has 1 unspecified atom stereocenters. The number of aromatic amines is 3. The zero-order valence-corrected chi connectivity index (χ0v) is 15.7. The standard InChI is InChI=1S/C23H21N3O2/c1-12(2)19-20(15-6-7-18-13(15)8-10-25-18)22(23(27)28)26-21(19)16-4-3-5-17-14(16)9-11-24-17/h3-12,15,24-26H,1-2H3,(H,27,28). The zero-order chi connectivity index (χ0) is 19.4. The fourth-order valence-corrected chi connectivity index (χ4v) is 4.49. The molecular formula is C23H21N3O2. The number of benzene rings is 1. The first kappa shape index (κ1) is 16.7. The Morgan fingerprint density at radius 1 is 1.11 bits per heavy atom. The number of hydrogen-bond donors (Lipinski definition) is 4. The monoisotopic (exact) mass is 371 g/mol. The van der Waals surface area contributed by atoms with Crippen molar-refractivity contribution in [3.63, 3.8) is 0 Å². The average Bonchev–Trinajstić information content (AvgIpc) is 3.41. The number of carboxylic acids is 1. The van der Waals surface area contributed by atoms with Gasteiger partial charge in [-0.15, -0.1) is 0 Å². The Balaban J connectivity index is 1.82. The van der Waals surface area contributed by atoms with Gasteiger partial charge < -0.3 is 20.1 Å². The Morgan fingerprint density at radius 2 is 1.93 bits per heavy atom. The number of aromatic nitrogens is 3. The maximum atomic E-state index is 12.2. The van der Waals surface area contributed by atoms with E-state index in [0.717, 1.165) is 44.5 Å². The van der Waals surface area contributed by atoms with Crippen molar-refractivity contribution in [2.75, 3.05) is 0 Å². The second-order valence-electron chi connectivity index (χ2n) is 7.59. The number of nitrogens with one attached hydrogen (secondary N) is 3. The normalized spacial score (nSPS) is 15.6. The first-order valence-electron chi connectivity index (χ1n) is 9.47. The van der Waals surface area contributed by atoms with E-state index in [2.05, 4.69) is 40.9 Å². The van der Waals surface area contributed by atoms with Gasteiger partial charge in [-0.2, -0.15) is 0 Å². The van der Waals surface area contributed by atoms with Gasteiger partial charge in [0.15, 0.2) is 0 Å². The molecule has 3 heterocycles. The summed E-state index contributed by atoms with van der Waals surface area (Å²) in [7, 11) is 0. The van der Waals surface area contributed by atoms with Crippen LogP contribution < -0.4 is 0 Å². The number of aromatic carboxylic acids is 1. The van der Waals surface area contributed by atoms with E-state index >= 15 is 0 Å². The average molecular weight is 371 g/mol. The molecule has 5 rings (SSSR count). The van der Waals surface area contributed by atoms with Crippen LogP contribution in [-0.2, 0) is 0 Å². The first-order valence-corrected chi connectivity index (χ1v) is 9.47. The summed E-state index contributed by atoms with van der Waals surface area (Å²) in [5.74, 6) is -0.832. The minimum absolute atomic E-state index is 0.0693. The Labute approximate surface area is 162 Å². The molecule has 0 saturated carbocycles. The third kappa shape index (κ3) is 2.29. The molecule has 0 saturated heterocycles. The molecule has 0 spiro atoms. The molecule has 0 amide bonds. The van der Waals surface area contributed by atoms with Gasteiger partial charge in [0, 0.05) is 40.5 Å². The second-order valence-corrected chi connectivity index (χ2v) is 7.59. The van der Waals surface area contributed by atoms with Gasteiger partial charge in [0.05, 0.1) is 5.69 Å². The van der Waals surface area contributed by atoms with Gasteiger partial charge in [-0.25, -0.2) is 4.79 Å². The van der Waals surface area contributed by atoms with Crippen molar-refractivity contribution in [3.8, 4) is 11.3 Å². The highest BCUT2D eigenvalue weighted by Gasteiger charge is 2.32. The van der Waals surface area contributed by atoms with Gasteiger partial charge in [0.2, 0.25) is 0 Å². The maximum Gasteiger partial charge on any atom is 0.352 e. The van der Waals surface area contributed by atoms with E-state index in [4.69, 9.17) is 0 Å². The summed E-state index contributed by atoms with van der Waals surface area (Å²) in [6.07, 6.45) is 7.94. The van der Waals surface area contributed by atoms with Crippen molar-refractivity contribution in [3.05, 3.63) is 76.9 Å². The fraction of sp³-hybridized carbons (Fsp3) is 0.174. The smallest absolute Gasteiger partial charge is 0.352 e. The summed E-state index contributed by atoms with van der Waals surface area (Å²) in [6.45, 7) is 4.24. The lowest BCUT2D eigenvalue weighted by Gasteiger charge is -2.16. The van der Waals surface area contributed by atoms with Crippen LogP contribution >= 0.6 is 0 Å². The Morgan fingerprint density at radius 3 is 2.71 bits per heavy atom. The summed E-state index contributed by atoms with van der Waals surface area (Å²) >= 11 is 0. The molecule has 1 aliphatic carbocycles. The first-order chi connectivity index (χ1) is 13.6. The van der Waals surface area contributed by atoms with E-state index in [1.54, 1.807) is 0 Å². The minimum Gasteiger partial charge on any atom is -0.477 e. The van der Waals surface area contributed by atoms with Crippen molar-refractivity contribution in [2.24, 2.45) is 0 Å². The SMILES string of the molecule is CC(C)c1c(-c2cccc3[nH]ccc23)[nH]c(C(=O)O)c1C1C=Cc2[nH]ccc21. The van der Waals surface area contributed by atoms with Crippen LogP contribution in [0.1, 0.15) is 58.6 Å². The predicted octanol–water partition coefficient (Wildman–Crippen LogP) is 5.47. The number of rotatable bonds is 4. The molecule has 4 aromatic rings. The highest BCUT2D eigenvalue weighted by molar-refractivity contribution is 5.98. The van der Waals surface area contributed by atoms with Gasteiger partial charge in [-0.1, -0.05) is 32.1 Å². The van der Waals surface area contributed by atoms with Gasteiger partial charge in [-0.3, -0.25) is 0 Å². The topological polar surface area (TPSA) is 84.7 Å². The van der Waals surface area contributed by atoms with Crippen molar-refractivity contribution in [1.82, 2.24) is 15.0 Å². The van der Waals surface area contributed by atoms with Crippen LogP contribution in [0.5, 0.6) is 0 Å². The van der Waals surface area contributed by atoms with Gasteiger partial charge in [0.1, 0.15) is 5.69 Å². The lowest BCUT2D eigenvalue weighted by molar-refractivity contribution is 0.0690. The number of fused-ring (bicyclic) bond motifs is 2. The van der Waals surface area contributed by atoms with Crippen LogP contribution in [0.25, 0.3) is 28.2 Å². The Bertz CT molecular complexity index is 1240. The Kier molecular flexibility index (Phi) is 3.59. The molecule has 1 aliphatic rings. The summed E-state index contributed by atoms with van der Waals surface area (Å²) in [5.41, 5.74) is 7.32. The fourth-order valence-electron chi connectivity index (χ4n) is 4.49. The second kappa shape index (κ2) is 6.02. The van der Waals surface area contributed by atoms with Gasteiger partial charge in [-0.05, 0) is 46.9 Å². The predicted molar refractivity (Wildman–Crippen MR) is 111 cm³/mol. The number of carbonyl (C=O) groups is 1. The zero-order valence-electron chi connectivity index (χ0n) is 15.7. The molecule has 5 nitrogen and oxygen atoms in total. The number of carboxylic acid groups (broad SMARTS) is 1. The molecule has 0 fully saturated rings. The van der Waals surface area contributed by atoms with Crippen molar-refractivity contribution < 1.29 is 9.90 Å². The third-order valence-electron chi connectivity index (χ3n) is 5.65. The summed E-state index contributed by atoms with van der Waals surface area (Å²) < 4.78 is 0. The molecule has 3 aromatic heterocycles. The van der Waals surface area contributed by atoms with Crippen LogP contribution in [0, 0.1) is 0 Å². The van der Waals surface area contributed by atoms with E-state index in [-0.39, 0.29) is 17.5 Å². The van der Waals surface area contributed by atoms with E-state index in [9.17, 15) is 9.90 Å². The lowest BCUT2D eigenvalue weighted by Crippen LogP contribution is -2.07. The highest BCUT2D eigenvalue weighted by atomic mass is 16.4. The Hall–Kier alpha value is -3.47. The number of H-pyrrole nitrogens is 3. The number of allylic oxidation sites excluding steroid dienone is 1. The van der Waals surface area contributed by atoms with Gasteiger partial charge in [0.25, 0.3) is 0 Å². The highest BCUT2D eigenvalue weighted by Crippen LogP contribution is 2.45. The summed E-state index contributed by atoms with van der Waals surface area (Å²) in [6, 6.07) is 10.2. The molecule has 28 heavy (non-hydrogen) atoms. The maximum absolute atomic E-state index is 12.2. The molecular weight excluding hydrogens is 350 g/mol. The quantitative estimate of drug-likeness (QED) is 0.383. The molecule has 140 valence electrons. The number of hydrogen-bond acceptors (Lipinski definition) is 1. The summed E-state index contributed by atoms with van der Waals surface area (Å²) in [5, 5.41) is 11.1. The lowest BCUT2D eigenvalue weighted by atomic mass is 9.85. The van der Waals surface area contributed by atoms with Crippen molar-refractivity contribution in [1.29, 1.82) is 0 Å². The van der Waals surface area contributed by atoms with Crippen LogP contribution in [0.4, 0.5) is 0 Å². The van der Waals surface area contributed by atoms with Crippen LogP contribution in [0.2, 0.25) is 0 Å². The molecule has 0 bridgehead atoms. The molecule has 1 atom stereocenters. The van der Waals surface area contributed by atoms with Crippen LogP contribution in [-0.4, -0.2) is 26.0 Å². The van der Waals surface area contributed by atoms with Crippen LogP contribution in [0.3, 0.4) is 0 Å². The molecule has 0 radical (unpaired) electrons. The van der Waals surface area contributed by atoms with Crippen LogP contribution in [0.15, 0.2) is 48.8 Å². The van der Waals surface area contributed by atoms with E-state index in [1.165, 1.54) is 0 Å². The molecule has 4 N–H and O–H groups in total. The largest absolute Gasteiger partial charge is 0.477 e. The molecule has 5 heteroatoms. The van der Waals surface area contributed by atoms with E-state index < -0.39 is 5.97 Å². The minimum atomic E-state index is -0.929. The van der Waals surface area contributed by atoms with Crippen molar-refractivity contribution in [2.45, 2.75) is 25.7 Å². The van der Waals surface area contributed by atoms with Crippen molar-refractivity contribution >= 4 is 22.9 Å². The third-order valence-corrected chi connectivity index (χ3v) is 5.65. The van der Waals surface area contributed by atoms with E-state index in [0.29, 0.717) is 0 Å².